The molecule has 4 rings (SSSR count). The second-order valence-electron chi connectivity index (χ2n) is 9.47. The number of hydrogen-bond donors (Lipinski definition) is 1. The molecule has 0 radical (unpaired) electrons. The quantitative estimate of drug-likeness (QED) is 0.294. The third-order valence-electron chi connectivity index (χ3n) is 5.46. The molecule has 0 saturated heterocycles. The van der Waals surface area contributed by atoms with E-state index < -0.39 is 23.3 Å². The van der Waals surface area contributed by atoms with Crippen LogP contribution in [0.15, 0.2) is 78.9 Å². The summed E-state index contributed by atoms with van der Waals surface area (Å²) in [5, 5.41) is 3.54. The molecule has 8 nitrogen and oxygen atoms in total. The minimum Gasteiger partial charge on any atom is -0.421 e. The van der Waals surface area contributed by atoms with Gasteiger partial charge in [0, 0.05) is 23.7 Å². The van der Waals surface area contributed by atoms with Gasteiger partial charge >= 0.3 is 11.9 Å². The molecule has 2 amide bonds. The summed E-state index contributed by atoms with van der Waals surface area (Å²) in [5.74, 6) is -2.27. The summed E-state index contributed by atoms with van der Waals surface area (Å²) in [6, 6.07) is 21.9. The van der Waals surface area contributed by atoms with E-state index in [0.717, 1.165) is 5.06 Å². The Morgan fingerprint density at radius 1 is 0.838 bits per heavy atom. The minimum atomic E-state index is -0.899. The number of benzene rings is 3. The molecule has 1 heterocycles. The van der Waals surface area contributed by atoms with Crippen molar-refractivity contribution in [3.8, 4) is 0 Å². The van der Waals surface area contributed by atoms with Crippen LogP contribution >= 0.6 is 0 Å². The first-order chi connectivity index (χ1) is 17.6. The van der Waals surface area contributed by atoms with E-state index in [2.05, 4.69) is 5.32 Å². The summed E-state index contributed by atoms with van der Waals surface area (Å²) in [4.78, 5) is 56.8. The summed E-state index contributed by atoms with van der Waals surface area (Å²) in [7, 11) is 0. The van der Waals surface area contributed by atoms with Crippen molar-refractivity contribution in [2.45, 2.75) is 27.7 Å². The molecule has 0 saturated carbocycles. The number of carbonyl (C=O) groups is 4. The molecule has 0 aliphatic carbocycles. The second kappa shape index (κ2) is 10.1. The Labute approximate surface area is 214 Å². The highest BCUT2D eigenvalue weighted by molar-refractivity contribution is 6.37. The zero-order valence-corrected chi connectivity index (χ0v) is 20.9. The minimum absolute atomic E-state index is 0.0160. The zero-order chi connectivity index (χ0) is 26.7. The Morgan fingerprint density at radius 2 is 1.43 bits per heavy atom. The van der Waals surface area contributed by atoms with Gasteiger partial charge in [-0.05, 0) is 51.1 Å². The van der Waals surface area contributed by atoms with Gasteiger partial charge in [0.1, 0.15) is 0 Å². The Morgan fingerprint density at radius 3 is 2.00 bits per heavy atom. The highest BCUT2D eigenvalue weighted by Gasteiger charge is 2.41. The molecule has 1 N–H and O–H groups in total. The molecule has 0 unspecified atom stereocenters. The SMILES string of the molecule is CC(=O)Nc1ccc2c(c1)N(OC(=O)C(C)(C)C)C(=O)/C2=C(\OC(=O)c1ccccc1)c1ccccc1. The van der Waals surface area contributed by atoms with Crippen molar-refractivity contribution >= 4 is 46.5 Å². The maximum absolute atomic E-state index is 13.8. The summed E-state index contributed by atoms with van der Waals surface area (Å²) in [6.07, 6.45) is 0. The topological polar surface area (TPSA) is 102 Å². The molecule has 3 aromatic rings. The summed E-state index contributed by atoms with van der Waals surface area (Å²) >= 11 is 0. The molecule has 0 atom stereocenters. The van der Waals surface area contributed by atoms with Gasteiger partial charge < -0.3 is 14.9 Å². The molecule has 0 spiro atoms. The van der Waals surface area contributed by atoms with Gasteiger partial charge in [-0.2, -0.15) is 0 Å². The van der Waals surface area contributed by atoms with Gasteiger partial charge in [0.05, 0.1) is 22.2 Å². The monoisotopic (exact) mass is 498 g/mol. The molecule has 0 aromatic heterocycles. The molecule has 0 fully saturated rings. The molecule has 0 bridgehead atoms. The Balaban J connectivity index is 1.90. The second-order valence-corrected chi connectivity index (χ2v) is 9.47. The van der Waals surface area contributed by atoms with Crippen molar-refractivity contribution in [1.82, 2.24) is 0 Å². The van der Waals surface area contributed by atoms with Crippen LogP contribution in [0.1, 0.15) is 49.2 Å². The lowest BCUT2D eigenvalue weighted by Crippen LogP contribution is -2.35. The number of nitrogens with one attached hydrogen (secondary N) is 1. The van der Waals surface area contributed by atoms with E-state index in [-0.39, 0.29) is 22.9 Å². The number of anilines is 2. The number of amides is 2. The highest BCUT2D eigenvalue weighted by atomic mass is 16.7. The third-order valence-corrected chi connectivity index (χ3v) is 5.46. The van der Waals surface area contributed by atoms with E-state index >= 15 is 0 Å². The van der Waals surface area contributed by atoms with Crippen molar-refractivity contribution in [3.63, 3.8) is 0 Å². The molecule has 1 aliphatic rings. The number of hydrogen-bond acceptors (Lipinski definition) is 6. The van der Waals surface area contributed by atoms with Gasteiger partial charge in [0.2, 0.25) is 5.91 Å². The molecule has 1 aliphatic heterocycles. The van der Waals surface area contributed by atoms with Crippen LogP contribution in [-0.2, 0) is 24.0 Å². The predicted molar refractivity (Wildman–Crippen MR) is 139 cm³/mol. The normalized spacial score (nSPS) is 14.1. The van der Waals surface area contributed by atoms with Gasteiger partial charge in [0.15, 0.2) is 5.76 Å². The first-order valence-corrected chi connectivity index (χ1v) is 11.6. The van der Waals surface area contributed by atoms with Crippen molar-refractivity contribution in [2.75, 3.05) is 10.4 Å². The van der Waals surface area contributed by atoms with E-state index in [1.165, 1.54) is 13.0 Å². The summed E-state index contributed by atoms with van der Waals surface area (Å²) in [5.41, 5.74) is 0.939. The lowest BCUT2D eigenvalue weighted by molar-refractivity contribution is -0.157. The molecule has 3 aromatic carbocycles. The van der Waals surface area contributed by atoms with Crippen LogP contribution in [0.5, 0.6) is 0 Å². The number of rotatable bonds is 5. The van der Waals surface area contributed by atoms with Crippen LogP contribution in [0.2, 0.25) is 0 Å². The van der Waals surface area contributed by atoms with Crippen molar-refractivity contribution < 1.29 is 28.8 Å². The molecule has 37 heavy (non-hydrogen) atoms. The number of hydroxylamine groups is 1. The van der Waals surface area contributed by atoms with Gasteiger partial charge in [-0.1, -0.05) is 48.5 Å². The molecule has 8 heteroatoms. The number of fused-ring (bicyclic) bond motifs is 1. The van der Waals surface area contributed by atoms with Gasteiger partial charge in [-0.25, -0.2) is 9.59 Å². The average Bonchev–Trinajstić information content (AvgIpc) is 3.13. The maximum atomic E-state index is 13.8. The summed E-state index contributed by atoms with van der Waals surface area (Å²) in [6.45, 7) is 6.35. The zero-order valence-electron chi connectivity index (χ0n) is 20.9. The van der Waals surface area contributed by atoms with E-state index in [4.69, 9.17) is 9.57 Å². The van der Waals surface area contributed by atoms with Crippen molar-refractivity contribution in [3.05, 3.63) is 95.6 Å². The van der Waals surface area contributed by atoms with Crippen LogP contribution < -0.4 is 10.4 Å². The number of ether oxygens (including phenoxy) is 1. The van der Waals surface area contributed by atoms with Gasteiger partial charge in [-0.3, -0.25) is 9.59 Å². The van der Waals surface area contributed by atoms with Gasteiger partial charge in [0.25, 0.3) is 5.91 Å². The van der Waals surface area contributed by atoms with Gasteiger partial charge in [-0.15, -0.1) is 5.06 Å². The van der Waals surface area contributed by atoms with E-state index in [1.54, 1.807) is 93.6 Å². The maximum Gasteiger partial charge on any atom is 0.343 e. The molecular formula is C29H26N2O6. The Bertz CT molecular complexity index is 1410. The van der Waals surface area contributed by atoms with Crippen LogP contribution in [0, 0.1) is 5.41 Å². The predicted octanol–water partition coefficient (Wildman–Crippen LogP) is 5.22. The molecular weight excluding hydrogens is 472 g/mol. The fourth-order valence-electron chi connectivity index (χ4n) is 3.62. The fourth-order valence-corrected chi connectivity index (χ4v) is 3.62. The fraction of sp³-hybridized carbons (Fsp3) is 0.172. The smallest absolute Gasteiger partial charge is 0.343 e. The Kier molecular flexibility index (Phi) is 6.93. The van der Waals surface area contributed by atoms with Crippen molar-refractivity contribution in [1.29, 1.82) is 0 Å². The van der Waals surface area contributed by atoms with Crippen LogP contribution in [-0.4, -0.2) is 23.8 Å². The van der Waals surface area contributed by atoms with Crippen LogP contribution in [0.25, 0.3) is 11.3 Å². The van der Waals surface area contributed by atoms with Crippen LogP contribution in [0.4, 0.5) is 11.4 Å². The number of nitrogens with zero attached hydrogens (tertiary/aromatic N) is 1. The lowest BCUT2D eigenvalue weighted by Gasteiger charge is -2.22. The van der Waals surface area contributed by atoms with E-state index in [1.807, 2.05) is 0 Å². The first-order valence-electron chi connectivity index (χ1n) is 11.6. The summed E-state index contributed by atoms with van der Waals surface area (Å²) < 4.78 is 5.83. The highest BCUT2D eigenvalue weighted by Crippen LogP contribution is 2.43. The molecule has 188 valence electrons. The third kappa shape index (κ3) is 5.43. The Hall–Kier alpha value is -4.72. The standard InChI is InChI=1S/C29H26N2O6/c1-18(32)30-21-15-16-22-23(17-21)31(37-28(35)29(2,3)4)26(33)24(22)25(19-11-7-5-8-12-19)36-27(34)20-13-9-6-10-14-20/h5-17H,1-4H3,(H,30,32)/b25-24-. The lowest BCUT2D eigenvalue weighted by atomic mass is 9.98. The number of esters is 1. The number of carbonyl (C=O) groups excluding carboxylic acids is 4. The van der Waals surface area contributed by atoms with Crippen molar-refractivity contribution in [2.24, 2.45) is 5.41 Å². The van der Waals surface area contributed by atoms with E-state index in [9.17, 15) is 19.2 Å². The van der Waals surface area contributed by atoms with E-state index in [0.29, 0.717) is 22.4 Å². The largest absolute Gasteiger partial charge is 0.421 e. The average molecular weight is 499 g/mol. The first kappa shape index (κ1) is 25.4. The van der Waals surface area contributed by atoms with Crippen LogP contribution in [0.3, 0.4) is 0 Å².